The quantitative estimate of drug-likeness (QED) is 0.448. The first-order valence-corrected chi connectivity index (χ1v) is 2.84. The second-order valence-corrected chi connectivity index (χ2v) is 1.63. The summed E-state index contributed by atoms with van der Waals surface area (Å²) in [5.41, 5.74) is 4.66. The number of halogens is 1. The summed E-state index contributed by atoms with van der Waals surface area (Å²) in [6.45, 7) is -1.22. The van der Waals surface area contributed by atoms with E-state index in [1.807, 2.05) is 0 Å². The van der Waals surface area contributed by atoms with Crippen LogP contribution in [0.2, 0.25) is 0 Å². The fraction of sp³-hybridized carbons (Fsp3) is 0.333. The lowest BCUT2D eigenvalue weighted by atomic mass is 10.5. The van der Waals surface area contributed by atoms with Gasteiger partial charge in [0.2, 0.25) is 0 Å². The number of hydrogen-bond donors (Lipinski definition) is 1. The lowest BCUT2D eigenvalue weighted by Crippen LogP contribution is -2.19. The summed E-state index contributed by atoms with van der Waals surface area (Å²) in [7, 11) is 0. The van der Waals surface area contributed by atoms with Crippen molar-refractivity contribution in [3.8, 4) is 0 Å². The van der Waals surface area contributed by atoms with Gasteiger partial charge in [0, 0.05) is 6.08 Å². The van der Waals surface area contributed by atoms with E-state index in [-0.39, 0.29) is 0 Å². The second-order valence-electron chi connectivity index (χ2n) is 1.63. The van der Waals surface area contributed by atoms with Crippen molar-refractivity contribution in [2.24, 2.45) is 5.73 Å². The molecular weight excluding hydrogens is 153 g/mol. The van der Waals surface area contributed by atoms with E-state index >= 15 is 0 Å². The van der Waals surface area contributed by atoms with Crippen molar-refractivity contribution in [3.63, 3.8) is 0 Å². The summed E-state index contributed by atoms with van der Waals surface area (Å²) in [4.78, 5) is 20.4. The van der Waals surface area contributed by atoms with E-state index in [1.54, 1.807) is 0 Å². The molecule has 11 heavy (non-hydrogen) atoms. The van der Waals surface area contributed by atoms with E-state index in [9.17, 15) is 14.0 Å². The van der Waals surface area contributed by atoms with Crippen LogP contribution in [0.1, 0.15) is 0 Å². The Morgan fingerprint density at radius 2 is 2.18 bits per heavy atom. The van der Waals surface area contributed by atoms with Crippen LogP contribution in [0.25, 0.3) is 0 Å². The third-order valence-corrected chi connectivity index (χ3v) is 0.700. The molecule has 5 heteroatoms. The zero-order chi connectivity index (χ0) is 8.69. The molecule has 0 aliphatic carbocycles. The van der Waals surface area contributed by atoms with Gasteiger partial charge in [0.15, 0.2) is 6.61 Å². The Morgan fingerprint density at radius 1 is 1.55 bits per heavy atom. The van der Waals surface area contributed by atoms with Crippen LogP contribution in [0.4, 0.5) is 4.39 Å². The van der Waals surface area contributed by atoms with Crippen molar-refractivity contribution in [1.29, 1.82) is 0 Å². The summed E-state index contributed by atoms with van der Waals surface area (Å²) < 4.78 is 15.6. The average Bonchev–Trinajstić information content (AvgIpc) is 1.97. The number of carbonyl (C=O) groups is 2. The molecule has 0 saturated carbocycles. The predicted octanol–water partition coefficient (Wildman–Crippen LogP) is -0.459. The fourth-order valence-corrected chi connectivity index (χ4v) is 0.331. The van der Waals surface area contributed by atoms with Gasteiger partial charge in [-0.3, -0.25) is 4.79 Å². The van der Waals surface area contributed by atoms with Gasteiger partial charge >= 0.3 is 5.97 Å². The Balaban J connectivity index is 3.53. The third-order valence-electron chi connectivity index (χ3n) is 0.700. The Hall–Kier alpha value is -1.39. The van der Waals surface area contributed by atoms with Gasteiger partial charge in [0.05, 0.1) is 0 Å². The topological polar surface area (TPSA) is 69.4 Å². The maximum atomic E-state index is 11.4. The van der Waals surface area contributed by atoms with Gasteiger partial charge in [-0.2, -0.15) is 0 Å². The Morgan fingerprint density at radius 3 is 2.64 bits per heavy atom. The van der Waals surface area contributed by atoms with Crippen LogP contribution in [0.15, 0.2) is 12.2 Å². The molecule has 0 bridgehead atoms. The highest BCUT2D eigenvalue weighted by Crippen LogP contribution is 1.81. The summed E-state index contributed by atoms with van der Waals surface area (Å²) in [5, 5.41) is 0. The smallest absolute Gasteiger partial charge is 0.331 e. The minimum absolute atomic E-state index is 0.477. The molecule has 0 radical (unpaired) electrons. The van der Waals surface area contributed by atoms with E-state index in [0.717, 1.165) is 12.2 Å². The normalized spacial score (nSPS) is 9.91. The van der Waals surface area contributed by atoms with Gasteiger partial charge in [-0.15, -0.1) is 0 Å². The molecule has 0 aliphatic heterocycles. The van der Waals surface area contributed by atoms with E-state index in [1.165, 1.54) is 0 Å². The highest BCUT2D eigenvalue weighted by molar-refractivity contribution is 5.85. The molecular formula is C6H8FNO3. The first kappa shape index (κ1) is 9.61. The molecule has 0 fully saturated rings. The fourth-order valence-electron chi connectivity index (χ4n) is 0.331. The molecule has 2 N–H and O–H groups in total. The average molecular weight is 161 g/mol. The number of alkyl halides is 1. The Bertz CT molecular complexity index is 179. The number of carbonyl (C=O) groups excluding carboxylic acids is 2. The number of esters is 1. The summed E-state index contributed by atoms with van der Waals surface area (Å²) in [6.07, 6.45) is 1.87. The SMILES string of the molecule is NC(=O)COC(=O)C=CCF. The number of allylic oxidation sites excluding steroid dienone is 1. The van der Waals surface area contributed by atoms with Crippen molar-refractivity contribution in [2.75, 3.05) is 13.3 Å². The van der Waals surface area contributed by atoms with Gasteiger partial charge in [-0.25, -0.2) is 9.18 Å². The molecule has 0 spiro atoms. The zero-order valence-corrected chi connectivity index (χ0v) is 5.75. The molecule has 0 aromatic heterocycles. The third kappa shape index (κ3) is 6.50. The predicted molar refractivity (Wildman–Crippen MR) is 35.3 cm³/mol. The molecule has 0 aromatic rings. The molecule has 0 saturated heterocycles. The van der Waals surface area contributed by atoms with Crippen LogP contribution < -0.4 is 5.73 Å². The van der Waals surface area contributed by atoms with Crippen LogP contribution in [-0.2, 0) is 14.3 Å². The molecule has 62 valence electrons. The van der Waals surface area contributed by atoms with Crippen molar-refractivity contribution in [2.45, 2.75) is 0 Å². The highest BCUT2D eigenvalue weighted by atomic mass is 19.1. The second kappa shape index (κ2) is 5.40. The van der Waals surface area contributed by atoms with Gasteiger partial charge in [0.25, 0.3) is 5.91 Å². The van der Waals surface area contributed by atoms with Gasteiger partial charge in [-0.05, 0) is 6.08 Å². The van der Waals surface area contributed by atoms with Gasteiger partial charge in [0.1, 0.15) is 6.67 Å². The monoisotopic (exact) mass is 161 g/mol. The first-order valence-electron chi connectivity index (χ1n) is 2.84. The number of amides is 1. The molecule has 4 nitrogen and oxygen atoms in total. The van der Waals surface area contributed by atoms with E-state index in [0.29, 0.717) is 0 Å². The van der Waals surface area contributed by atoms with Gasteiger partial charge in [-0.1, -0.05) is 0 Å². The summed E-state index contributed by atoms with van der Waals surface area (Å²) in [5.74, 6) is -1.52. The van der Waals surface area contributed by atoms with Crippen LogP contribution in [0, 0.1) is 0 Å². The molecule has 0 aromatic carbocycles. The first-order chi connectivity index (χ1) is 5.16. The number of nitrogens with two attached hydrogens (primary N) is 1. The van der Waals surface area contributed by atoms with Crippen molar-refractivity contribution in [1.82, 2.24) is 0 Å². The number of rotatable bonds is 4. The number of hydrogen-bond acceptors (Lipinski definition) is 3. The van der Waals surface area contributed by atoms with Crippen LogP contribution in [-0.4, -0.2) is 25.2 Å². The number of primary amides is 1. The standard InChI is InChI=1S/C6H8FNO3/c7-3-1-2-6(10)11-4-5(8)9/h1-2H,3-4H2,(H2,8,9). The zero-order valence-electron chi connectivity index (χ0n) is 5.75. The molecule has 0 aliphatic rings. The largest absolute Gasteiger partial charge is 0.452 e. The van der Waals surface area contributed by atoms with Crippen molar-refractivity contribution in [3.05, 3.63) is 12.2 Å². The Kier molecular flexibility index (Phi) is 4.72. The lowest BCUT2D eigenvalue weighted by Gasteiger charge is -1.95. The highest BCUT2D eigenvalue weighted by Gasteiger charge is 1.98. The maximum Gasteiger partial charge on any atom is 0.331 e. The summed E-state index contributed by atoms with van der Waals surface area (Å²) in [6, 6.07) is 0. The molecule has 0 heterocycles. The minimum Gasteiger partial charge on any atom is -0.452 e. The summed E-state index contributed by atoms with van der Waals surface area (Å²) >= 11 is 0. The van der Waals surface area contributed by atoms with E-state index in [2.05, 4.69) is 10.5 Å². The van der Waals surface area contributed by atoms with Crippen LogP contribution >= 0.6 is 0 Å². The van der Waals surface area contributed by atoms with E-state index in [4.69, 9.17) is 0 Å². The van der Waals surface area contributed by atoms with E-state index < -0.39 is 25.2 Å². The Labute approximate surface area is 62.8 Å². The van der Waals surface area contributed by atoms with Gasteiger partial charge < -0.3 is 10.5 Å². The van der Waals surface area contributed by atoms with Crippen LogP contribution in [0.3, 0.4) is 0 Å². The lowest BCUT2D eigenvalue weighted by molar-refractivity contribution is -0.142. The molecule has 0 atom stereocenters. The molecule has 0 unspecified atom stereocenters. The van der Waals surface area contributed by atoms with Crippen molar-refractivity contribution >= 4 is 11.9 Å². The maximum absolute atomic E-state index is 11.4. The number of ether oxygens (including phenoxy) is 1. The molecule has 1 amide bonds. The van der Waals surface area contributed by atoms with Crippen LogP contribution in [0.5, 0.6) is 0 Å². The molecule has 0 rings (SSSR count). The minimum atomic E-state index is -0.776. The van der Waals surface area contributed by atoms with Crippen molar-refractivity contribution < 1.29 is 18.7 Å².